The van der Waals surface area contributed by atoms with E-state index in [0.717, 1.165) is 10.7 Å². The number of carboxylic acid groups (broad SMARTS) is 1. The summed E-state index contributed by atoms with van der Waals surface area (Å²) in [5, 5.41) is 14.4. The number of rotatable bonds is 7. The maximum atomic E-state index is 11.7. The molecule has 0 aliphatic heterocycles. The number of hydrogen-bond donors (Lipinski definition) is 2. The molecule has 6 nitrogen and oxygen atoms in total. The topological polar surface area (TPSA) is 82.5 Å². The predicted molar refractivity (Wildman–Crippen MR) is 78.2 cm³/mol. The number of carboxylic acids is 1. The van der Waals surface area contributed by atoms with Gasteiger partial charge in [0.05, 0.1) is 17.1 Å². The summed E-state index contributed by atoms with van der Waals surface area (Å²) in [4.78, 5) is 27.9. The van der Waals surface area contributed by atoms with Crippen molar-refractivity contribution < 1.29 is 14.7 Å². The van der Waals surface area contributed by atoms with Crippen molar-refractivity contribution in [2.75, 3.05) is 20.1 Å². The van der Waals surface area contributed by atoms with Crippen LogP contribution < -0.4 is 5.32 Å². The molecule has 2 N–H and O–H groups in total. The van der Waals surface area contributed by atoms with Gasteiger partial charge in [-0.25, -0.2) is 9.78 Å². The fourth-order valence-corrected chi connectivity index (χ4v) is 2.37. The molecule has 0 saturated carbocycles. The summed E-state index contributed by atoms with van der Waals surface area (Å²) in [6.07, 6.45) is 0.634. The molecule has 0 spiro atoms. The van der Waals surface area contributed by atoms with Crippen LogP contribution in [-0.4, -0.2) is 47.1 Å². The summed E-state index contributed by atoms with van der Waals surface area (Å²) in [7, 11) is 1.58. The van der Waals surface area contributed by atoms with Gasteiger partial charge in [0.25, 0.3) is 0 Å². The molecule has 2 amide bonds. The average Bonchev–Trinajstić information content (AvgIpc) is 2.84. The second-order valence-corrected chi connectivity index (χ2v) is 5.77. The molecule has 20 heavy (non-hydrogen) atoms. The first-order valence-corrected chi connectivity index (χ1v) is 7.43. The van der Waals surface area contributed by atoms with Crippen LogP contribution in [0.3, 0.4) is 0 Å². The predicted octanol–water partition coefficient (Wildman–Crippen LogP) is 1.93. The van der Waals surface area contributed by atoms with Crippen LogP contribution in [0.5, 0.6) is 0 Å². The van der Waals surface area contributed by atoms with Gasteiger partial charge in [0, 0.05) is 37.9 Å². The van der Waals surface area contributed by atoms with Gasteiger partial charge in [-0.3, -0.25) is 4.79 Å². The van der Waals surface area contributed by atoms with Crippen LogP contribution in [0.25, 0.3) is 0 Å². The molecule has 0 aliphatic carbocycles. The van der Waals surface area contributed by atoms with Crippen molar-refractivity contribution in [1.82, 2.24) is 15.2 Å². The lowest BCUT2D eigenvalue weighted by Crippen LogP contribution is -2.39. The average molecular weight is 299 g/mol. The number of nitrogens with zero attached hydrogens (tertiary/aromatic N) is 2. The molecule has 0 saturated heterocycles. The van der Waals surface area contributed by atoms with E-state index in [1.54, 1.807) is 18.4 Å². The molecule has 1 aromatic heterocycles. The second kappa shape index (κ2) is 7.84. The van der Waals surface area contributed by atoms with Crippen molar-refractivity contribution in [2.45, 2.75) is 32.6 Å². The Morgan fingerprint density at radius 1 is 1.50 bits per heavy atom. The second-order valence-electron chi connectivity index (χ2n) is 4.88. The number of aliphatic carboxylic acids is 1. The largest absolute Gasteiger partial charge is 0.481 e. The Morgan fingerprint density at radius 3 is 2.75 bits per heavy atom. The number of carbonyl (C=O) groups excluding carboxylic acids is 1. The van der Waals surface area contributed by atoms with Crippen LogP contribution in [-0.2, 0) is 11.2 Å². The highest BCUT2D eigenvalue weighted by atomic mass is 32.1. The number of aromatic nitrogens is 1. The highest BCUT2D eigenvalue weighted by Crippen LogP contribution is 2.19. The molecule has 1 aromatic rings. The zero-order chi connectivity index (χ0) is 15.1. The summed E-state index contributed by atoms with van der Waals surface area (Å²) in [6, 6.07) is -0.259. The van der Waals surface area contributed by atoms with Crippen LogP contribution in [0.1, 0.15) is 36.9 Å². The lowest BCUT2D eigenvalue weighted by atomic mass is 10.2. The maximum Gasteiger partial charge on any atom is 0.317 e. The van der Waals surface area contributed by atoms with Crippen molar-refractivity contribution in [2.24, 2.45) is 0 Å². The van der Waals surface area contributed by atoms with E-state index in [1.165, 1.54) is 4.90 Å². The third kappa shape index (κ3) is 5.56. The van der Waals surface area contributed by atoms with Crippen LogP contribution in [0.4, 0.5) is 4.79 Å². The van der Waals surface area contributed by atoms with Crippen molar-refractivity contribution in [3.8, 4) is 0 Å². The van der Waals surface area contributed by atoms with Gasteiger partial charge >= 0.3 is 12.0 Å². The van der Waals surface area contributed by atoms with E-state index in [1.807, 2.05) is 5.38 Å². The molecule has 1 heterocycles. The Kier molecular flexibility index (Phi) is 6.44. The number of carbonyl (C=O) groups is 2. The monoisotopic (exact) mass is 299 g/mol. The Morgan fingerprint density at radius 2 is 2.20 bits per heavy atom. The third-order valence-corrected chi connectivity index (χ3v) is 3.92. The van der Waals surface area contributed by atoms with Crippen molar-refractivity contribution >= 4 is 23.3 Å². The number of amides is 2. The van der Waals surface area contributed by atoms with Crippen LogP contribution in [0, 0.1) is 0 Å². The lowest BCUT2D eigenvalue weighted by Gasteiger charge is -2.16. The SMILES string of the molecule is CC(C)c1nc(CCNC(=O)N(C)CCC(=O)O)cs1. The fraction of sp³-hybridized carbons (Fsp3) is 0.615. The van der Waals surface area contributed by atoms with Gasteiger partial charge in [-0.1, -0.05) is 13.8 Å². The Hall–Kier alpha value is -1.63. The zero-order valence-corrected chi connectivity index (χ0v) is 12.9. The molecule has 0 fully saturated rings. The minimum absolute atomic E-state index is 0.0479. The van der Waals surface area contributed by atoms with Gasteiger partial charge < -0.3 is 15.3 Å². The summed E-state index contributed by atoms with van der Waals surface area (Å²) < 4.78 is 0. The molecular weight excluding hydrogens is 278 g/mol. The number of nitrogens with one attached hydrogen (secondary N) is 1. The summed E-state index contributed by atoms with van der Waals surface area (Å²) in [5.74, 6) is -0.487. The summed E-state index contributed by atoms with van der Waals surface area (Å²) in [5.41, 5.74) is 0.979. The van der Waals surface area contributed by atoms with E-state index in [-0.39, 0.29) is 19.0 Å². The first-order valence-electron chi connectivity index (χ1n) is 6.55. The molecule has 112 valence electrons. The minimum atomic E-state index is -0.909. The summed E-state index contributed by atoms with van der Waals surface area (Å²) >= 11 is 1.63. The summed E-state index contributed by atoms with van der Waals surface area (Å²) in [6.45, 7) is 4.90. The number of urea groups is 1. The first-order chi connectivity index (χ1) is 9.40. The highest BCUT2D eigenvalue weighted by molar-refractivity contribution is 7.09. The molecular formula is C13H21N3O3S. The number of thiazole rings is 1. The lowest BCUT2D eigenvalue weighted by molar-refractivity contribution is -0.137. The molecule has 7 heteroatoms. The van der Waals surface area contributed by atoms with E-state index in [0.29, 0.717) is 18.9 Å². The Bertz CT molecular complexity index is 459. The normalized spacial score (nSPS) is 10.6. The van der Waals surface area contributed by atoms with Crippen molar-refractivity contribution in [3.63, 3.8) is 0 Å². The van der Waals surface area contributed by atoms with Gasteiger partial charge in [0.1, 0.15) is 0 Å². The van der Waals surface area contributed by atoms with E-state index in [2.05, 4.69) is 24.1 Å². The van der Waals surface area contributed by atoms with Crippen LogP contribution in [0.15, 0.2) is 5.38 Å². The molecule has 1 rings (SSSR count). The van der Waals surface area contributed by atoms with Gasteiger partial charge in [-0.05, 0) is 0 Å². The van der Waals surface area contributed by atoms with Gasteiger partial charge in [-0.2, -0.15) is 0 Å². The molecule has 0 aliphatic rings. The first kappa shape index (κ1) is 16.4. The van der Waals surface area contributed by atoms with Gasteiger partial charge in [0.2, 0.25) is 0 Å². The maximum absolute atomic E-state index is 11.7. The molecule has 0 atom stereocenters. The Labute approximate surface area is 122 Å². The molecule has 0 aromatic carbocycles. The van der Waals surface area contributed by atoms with Gasteiger partial charge in [-0.15, -0.1) is 11.3 Å². The van der Waals surface area contributed by atoms with Crippen LogP contribution in [0.2, 0.25) is 0 Å². The van der Waals surface area contributed by atoms with E-state index in [9.17, 15) is 9.59 Å². The van der Waals surface area contributed by atoms with Crippen molar-refractivity contribution in [3.05, 3.63) is 16.1 Å². The zero-order valence-electron chi connectivity index (χ0n) is 12.0. The highest BCUT2D eigenvalue weighted by Gasteiger charge is 2.10. The molecule has 0 unspecified atom stereocenters. The van der Waals surface area contributed by atoms with E-state index in [4.69, 9.17) is 5.11 Å². The van der Waals surface area contributed by atoms with E-state index < -0.39 is 5.97 Å². The van der Waals surface area contributed by atoms with Crippen LogP contribution >= 0.6 is 11.3 Å². The standard InChI is InChI=1S/C13H21N3O3S/c1-9(2)12-15-10(8-20-12)4-6-14-13(19)16(3)7-5-11(17)18/h8-9H,4-7H2,1-3H3,(H,14,19)(H,17,18). The third-order valence-electron chi connectivity index (χ3n) is 2.73. The quantitative estimate of drug-likeness (QED) is 0.806. The number of hydrogen-bond acceptors (Lipinski definition) is 4. The fourth-order valence-electron chi connectivity index (χ4n) is 1.50. The van der Waals surface area contributed by atoms with Gasteiger partial charge in [0.15, 0.2) is 0 Å². The molecule has 0 bridgehead atoms. The van der Waals surface area contributed by atoms with E-state index >= 15 is 0 Å². The van der Waals surface area contributed by atoms with Crippen molar-refractivity contribution in [1.29, 1.82) is 0 Å². The molecule has 0 radical (unpaired) electrons. The minimum Gasteiger partial charge on any atom is -0.481 e. The smallest absolute Gasteiger partial charge is 0.317 e. The Balaban J connectivity index is 2.28.